The second-order valence-corrected chi connectivity index (χ2v) is 3.44. The molecule has 0 spiro atoms. The number of rotatable bonds is 3. The van der Waals surface area contributed by atoms with Gasteiger partial charge >= 0.3 is 0 Å². The van der Waals surface area contributed by atoms with E-state index >= 15 is 0 Å². The van der Waals surface area contributed by atoms with Crippen molar-refractivity contribution in [1.82, 2.24) is 0 Å². The molecule has 0 aromatic heterocycles. The van der Waals surface area contributed by atoms with Gasteiger partial charge in [-0.05, 0) is 23.2 Å². The van der Waals surface area contributed by atoms with Gasteiger partial charge < -0.3 is 5.11 Å². The highest BCUT2D eigenvalue weighted by Crippen LogP contribution is 2.26. The van der Waals surface area contributed by atoms with Gasteiger partial charge in [0, 0.05) is 15.0 Å². The van der Waals surface area contributed by atoms with Gasteiger partial charge in [0.25, 0.3) is 0 Å². The van der Waals surface area contributed by atoms with Crippen LogP contribution in [0.4, 0.5) is 0 Å². The zero-order chi connectivity index (χ0) is 10.6. The van der Waals surface area contributed by atoms with Gasteiger partial charge in [0.15, 0.2) is 0 Å². The molecule has 0 aliphatic carbocycles. The van der Waals surface area contributed by atoms with Crippen LogP contribution in [0.3, 0.4) is 0 Å². The third-order valence-electron chi connectivity index (χ3n) is 1.64. The Morgan fingerprint density at radius 2 is 2.21 bits per heavy atom. The highest BCUT2D eigenvalue weighted by Gasteiger charge is 2.10. The second kappa shape index (κ2) is 5.08. The van der Waals surface area contributed by atoms with Crippen LogP contribution in [-0.4, -0.2) is 11.7 Å². The van der Waals surface area contributed by atoms with Crippen molar-refractivity contribution in [2.45, 2.75) is 6.10 Å². The van der Waals surface area contributed by atoms with E-state index < -0.39 is 6.10 Å². The number of benzene rings is 1. The lowest BCUT2D eigenvalue weighted by Crippen LogP contribution is -2.01. The van der Waals surface area contributed by atoms with Crippen molar-refractivity contribution < 1.29 is 5.11 Å². The van der Waals surface area contributed by atoms with E-state index in [1.165, 1.54) is 6.07 Å². The van der Waals surface area contributed by atoms with E-state index in [1.807, 2.05) is 0 Å². The fourth-order valence-corrected chi connectivity index (χ4v) is 1.52. The molecule has 0 heterocycles. The first kappa shape index (κ1) is 11.1. The lowest BCUT2D eigenvalue weighted by Gasteiger charge is -2.09. The summed E-state index contributed by atoms with van der Waals surface area (Å²) in [6, 6.07) is 4.74. The standard InChI is InChI=1S/C8H7Cl2N3O/c9-5-1-2-6(7(10)3-5)8(14)4-12-13-11/h1-3,8,14H,4H2. The Morgan fingerprint density at radius 1 is 1.50 bits per heavy atom. The van der Waals surface area contributed by atoms with E-state index in [4.69, 9.17) is 28.7 Å². The topological polar surface area (TPSA) is 69.0 Å². The van der Waals surface area contributed by atoms with Gasteiger partial charge in [0.1, 0.15) is 0 Å². The van der Waals surface area contributed by atoms with Crippen LogP contribution in [0.1, 0.15) is 11.7 Å². The first-order valence-electron chi connectivity index (χ1n) is 3.79. The number of halogens is 2. The molecule has 0 bridgehead atoms. The quantitative estimate of drug-likeness (QED) is 0.484. The minimum absolute atomic E-state index is 0.0438. The molecule has 1 N–H and O–H groups in total. The zero-order valence-electron chi connectivity index (χ0n) is 7.06. The van der Waals surface area contributed by atoms with Crippen molar-refractivity contribution in [3.05, 3.63) is 44.3 Å². The van der Waals surface area contributed by atoms with Crippen LogP contribution in [0, 0.1) is 0 Å². The van der Waals surface area contributed by atoms with Gasteiger partial charge in [-0.2, -0.15) is 0 Å². The molecule has 14 heavy (non-hydrogen) atoms. The molecule has 0 saturated heterocycles. The summed E-state index contributed by atoms with van der Waals surface area (Å²) in [5, 5.41) is 13.6. The summed E-state index contributed by atoms with van der Waals surface area (Å²) < 4.78 is 0. The summed E-state index contributed by atoms with van der Waals surface area (Å²) >= 11 is 11.5. The predicted octanol–water partition coefficient (Wildman–Crippen LogP) is 3.34. The normalized spacial score (nSPS) is 11.9. The number of aliphatic hydroxyl groups is 1. The number of hydrogen-bond acceptors (Lipinski definition) is 2. The molecule has 4 nitrogen and oxygen atoms in total. The predicted molar refractivity (Wildman–Crippen MR) is 55.4 cm³/mol. The monoisotopic (exact) mass is 231 g/mol. The van der Waals surface area contributed by atoms with Crippen LogP contribution >= 0.6 is 23.2 Å². The van der Waals surface area contributed by atoms with Gasteiger partial charge in [-0.3, -0.25) is 0 Å². The molecule has 0 fully saturated rings. The Balaban J connectivity index is 2.89. The first-order chi connectivity index (χ1) is 6.65. The summed E-state index contributed by atoms with van der Waals surface area (Å²) in [7, 11) is 0. The van der Waals surface area contributed by atoms with E-state index in [0.29, 0.717) is 15.6 Å². The third kappa shape index (κ3) is 2.79. The lowest BCUT2D eigenvalue weighted by atomic mass is 10.1. The Morgan fingerprint density at radius 3 is 2.79 bits per heavy atom. The molecule has 0 aliphatic rings. The molecular weight excluding hydrogens is 225 g/mol. The molecule has 6 heteroatoms. The molecule has 1 aromatic carbocycles. The summed E-state index contributed by atoms with van der Waals surface area (Å²) in [4.78, 5) is 2.54. The first-order valence-corrected chi connectivity index (χ1v) is 4.54. The molecule has 1 rings (SSSR count). The summed E-state index contributed by atoms with van der Waals surface area (Å²) in [5.41, 5.74) is 8.57. The summed E-state index contributed by atoms with van der Waals surface area (Å²) in [6.07, 6.45) is -0.893. The number of hydrogen-bond donors (Lipinski definition) is 1. The molecule has 0 radical (unpaired) electrons. The Hall–Kier alpha value is -0.930. The summed E-state index contributed by atoms with van der Waals surface area (Å²) in [5.74, 6) is 0. The SMILES string of the molecule is [N-]=[N+]=NCC(O)c1ccc(Cl)cc1Cl. The maximum absolute atomic E-state index is 9.53. The fourth-order valence-electron chi connectivity index (χ4n) is 0.984. The maximum Gasteiger partial charge on any atom is 0.0860 e. The molecule has 1 atom stereocenters. The van der Waals surface area contributed by atoms with Crippen molar-refractivity contribution in [3.63, 3.8) is 0 Å². The smallest absolute Gasteiger partial charge is 0.0860 e. The fraction of sp³-hybridized carbons (Fsp3) is 0.250. The average molecular weight is 232 g/mol. The minimum Gasteiger partial charge on any atom is -0.388 e. The molecule has 74 valence electrons. The Kier molecular flexibility index (Phi) is 4.04. The zero-order valence-corrected chi connectivity index (χ0v) is 8.57. The molecule has 1 unspecified atom stereocenters. The molecule has 0 aliphatic heterocycles. The van der Waals surface area contributed by atoms with Crippen molar-refractivity contribution in [2.75, 3.05) is 6.54 Å². The van der Waals surface area contributed by atoms with E-state index in [2.05, 4.69) is 10.0 Å². The van der Waals surface area contributed by atoms with Gasteiger partial charge in [-0.1, -0.05) is 34.4 Å². The van der Waals surface area contributed by atoms with E-state index in [9.17, 15) is 5.11 Å². The van der Waals surface area contributed by atoms with E-state index in [-0.39, 0.29) is 6.54 Å². The lowest BCUT2D eigenvalue weighted by molar-refractivity contribution is 0.187. The average Bonchev–Trinajstić information content (AvgIpc) is 2.14. The van der Waals surface area contributed by atoms with Crippen molar-refractivity contribution in [2.24, 2.45) is 5.11 Å². The summed E-state index contributed by atoms with van der Waals surface area (Å²) in [6.45, 7) is -0.0438. The maximum atomic E-state index is 9.53. The number of aliphatic hydroxyl groups excluding tert-OH is 1. The van der Waals surface area contributed by atoms with Crippen LogP contribution in [0.15, 0.2) is 23.3 Å². The van der Waals surface area contributed by atoms with Crippen molar-refractivity contribution in [3.8, 4) is 0 Å². The Labute approximate surface area is 90.7 Å². The minimum atomic E-state index is -0.893. The van der Waals surface area contributed by atoms with Crippen LogP contribution in [0.5, 0.6) is 0 Å². The van der Waals surface area contributed by atoms with Crippen LogP contribution in [-0.2, 0) is 0 Å². The van der Waals surface area contributed by atoms with E-state index in [1.54, 1.807) is 12.1 Å². The second-order valence-electron chi connectivity index (χ2n) is 2.60. The largest absolute Gasteiger partial charge is 0.388 e. The van der Waals surface area contributed by atoms with Gasteiger partial charge in [0.2, 0.25) is 0 Å². The number of azide groups is 1. The van der Waals surface area contributed by atoms with Gasteiger partial charge in [0.05, 0.1) is 12.6 Å². The van der Waals surface area contributed by atoms with E-state index in [0.717, 1.165) is 0 Å². The van der Waals surface area contributed by atoms with Crippen LogP contribution in [0.2, 0.25) is 10.0 Å². The highest BCUT2D eigenvalue weighted by molar-refractivity contribution is 6.35. The Bertz CT molecular complexity index is 377. The number of nitrogens with zero attached hydrogens (tertiary/aromatic N) is 3. The van der Waals surface area contributed by atoms with Crippen LogP contribution < -0.4 is 0 Å². The molecular formula is C8H7Cl2N3O. The van der Waals surface area contributed by atoms with Crippen molar-refractivity contribution in [1.29, 1.82) is 0 Å². The van der Waals surface area contributed by atoms with Crippen molar-refractivity contribution >= 4 is 23.2 Å². The third-order valence-corrected chi connectivity index (χ3v) is 2.20. The molecule has 1 aromatic rings. The molecule has 0 amide bonds. The highest BCUT2D eigenvalue weighted by atomic mass is 35.5. The van der Waals surface area contributed by atoms with Crippen LogP contribution in [0.25, 0.3) is 10.4 Å². The molecule has 0 saturated carbocycles. The van der Waals surface area contributed by atoms with Gasteiger partial charge in [-0.15, -0.1) is 0 Å². The van der Waals surface area contributed by atoms with Gasteiger partial charge in [-0.25, -0.2) is 0 Å².